The van der Waals surface area contributed by atoms with Gasteiger partial charge in [0, 0.05) is 11.9 Å². The number of hydrogen-bond donors (Lipinski definition) is 2. The van der Waals surface area contributed by atoms with Crippen molar-refractivity contribution in [1.82, 2.24) is 9.97 Å². The van der Waals surface area contributed by atoms with Gasteiger partial charge in [0.1, 0.15) is 5.82 Å². The number of ether oxygens (including phenoxy) is 2. The fourth-order valence-corrected chi connectivity index (χ4v) is 2.44. The van der Waals surface area contributed by atoms with Crippen LogP contribution in [0.25, 0.3) is 0 Å². The number of carbonyl (C=O) groups is 2. The Morgan fingerprint density at radius 2 is 1.55 bits per heavy atom. The van der Waals surface area contributed by atoms with Crippen LogP contribution in [0, 0.1) is 0 Å². The van der Waals surface area contributed by atoms with Crippen LogP contribution in [0.1, 0.15) is 20.7 Å². The number of nitrogens with zero attached hydrogens (tertiary/aromatic N) is 2. The van der Waals surface area contributed by atoms with Gasteiger partial charge in [-0.3, -0.25) is 0 Å². The highest BCUT2D eigenvalue weighted by atomic mass is 35.5. The van der Waals surface area contributed by atoms with Crippen LogP contribution in [-0.4, -0.2) is 36.1 Å². The molecule has 0 saturated carbocycles. The molecule has 0 amide bonds. The van der Waals surface area contributed by atoms with E-state index in [1.807, 2.05) is 0 Å². The number of hydrogen-bond acceptors (Lipinski definition) is 8. The summed E-state index contributed by atoms with van der Waals surface area (Å²) in [5, 5.41) is 6.15. The number of esters is 2. The molecular formula is C20H19ClN4O4. The van der Waals surface area contributed by atoms with Crippen LogP contribution in [0.5, 0.6) is 0 Å². The molecule has 0 atom stereocenters. The molecule has 0 spiro atoms. The normalized spacial score (nSPS) is 9.72. The zero-order chi connectivity index (χ0) is 19.9. The van der Waals surface area contributed by atoms with Crippen LogP contribution >= 0.6 is 12.4 Å². The predicted molar refractivity (Wildman–Crippen MR) is 111 cm³/mol. The first-order valence-electron chi connectivity index (χ1n) is 8.33. The Bertz CT molecular complexity index is 996. The maximum atomic E-state index is 11.9. The molecule has 150 valence electrons. The van der Waals surface area contributed by atoms with Crippen molar-refractivity contribution in [2.75, 3.05) is 24.9 Å². The molecule has 1 aromatic heterocycles. The molecule has 0 fully saturated rings. The molecule has 1 heterocycles. The lowest BCUT2D eigenvalue weighted by atomic mass is 10.2. The van der Waals surface area contributed by atoms with Gasteiger partial charge in [-0.25, -0.2) is 14.6 Å². The second-order valence-electron chi connectivity index (χ2n) is 5.62. The first-order chi connectivity index (χ1) is 13.6. The fourth-order valence-electron chi connectivity index (χ4n) is 2.44. The van der Waals surface area contributed by atoms with E-state index in [1.165, 1.54) is 14.2 Å². The molecule has 8 nitrogen and oxygen atoms in total. The Labute approximate surface area is 173 Å². The zero-order valence-corrected chi connectivity index (χ0v) is 16.5. The summed E-state index contributed by atoms with van der Waals surface area (Å²) in [5.74, 6) is 0.00544. The van der Waals surface area contributed by atoms with Crippen LogP contribution < -0.4 is 10.6 Å². The Morgan fingerprint density at radius 3 is 2.24 bits per heavy atom. The Hall–Kier alpha value is -3.65. The minimum Gasteiger partial charge on any atom is -0.465 e. The van der Waals surface area contributed by atoms with Gasteiger partial charge in [0.15, 0.2) is 0 Å². The summed E-state index contributed by atoms with van der Waals surface area (Å²) in [6, 6.07) is 15.4. The number of rotatable bonds is 6. The zero-order valence-electron chi connectivity index (χ0n) is 15.7. The first-order valence-corrected chi connectivity index (χ1v) is 8.33. The standard InChI is InChI=1S/C20H18N4O4.ClH/c1-27-18(25)13-7-9-14(10-8-13)22-20-21-12-11-17(24-20)23-16-6-4-3-5-15(16)19(26)28-2;/h3-12H,1-2H3,(H2,21,22,23,24);1H. The van der Waals surface area contributed by atoms with Crippen LogP contribution in [0.3, 0.4) is 0 Å². The lowest BCUT2D eigenvalue weighted by Crippen LogP contribution is -2.07. The summed E-state index contributed by atoms with van der Waals surface area (Å²) in [7, 11) is 2.66. The minimum absolute atomic E-state index is 0. The summed E-state index contributed by atoms with van der Waals surface area (Å²) in [6.45, 7) is 0. The number of para-hydroxylation sites is 1. The van der Waals surface area contributed by atoms with E-state index in [2.05, 4.69) is 25.3 Å². The van der Waals surface area contributed by atoms with Gasteiger partial charge in [-0.1, -0.05) is 12.1 Å². The van der Waals surface area contributed by atoms with Crippen molar-refractivity contribution in [2.45, 2.75) is 0 Å². The highest BCUT2D eigenvalue weighted by molar-refractivity contribution is 5.96. The Balaban J connectivity index is 0.00000300. The molecule has 3 aromatic rings. The van der Waals surface area contributed by atoms with Gasteiger partial charge in [-0.05, 0) is 42.5 Å². The van der Waals surface area contributed by atoms with E-state index in [0.29, 0.717) is 34.3 Å². The highest BCUT2D eigenvalue weighted by Gasteiger charge is 2.12. The SMILES string of the molecule is COC(=O)c1ccc(Nc2nccc(Nc3ccccc3C(=O)OC)n2)cc1.Cl. The quantitative estimate of drug-likeness (QED) is 0.584. The summed E-state index contributed by atoms with van der Waals surface area (Å²) in [4.78, 5) is 31.9. The summed E-state index contributed by atoms with van der Waals surface area (Å²) < 4.78 is 9.47. The predicted octanol–water partition coefficient (Wildman–Crippen LogP) is 3.96. The Kier molecular flexibility index (Phi) is 7.50. The third-order valence-electron chi connectivity index (χ3n) is 3.81. The fraction of sp³-hybridized carbons (Fsp3) is 0.100. The van der Waals surface area contributed by atoms with E-state index < -0.39 is 11.9 Å². The molecule has 2 N–H and O–H groups in total. The van der Waals surface area contributed by atoms with E-state index in [4.69, 9.17) is 4.74 Å². The largest absolute Gasteiger partial charge is 0.465 e. The van der Waals surface area contributed by atoms with Crippen LogP contribution in [-0.2, 0) is 9.47 Å². The van der Waals surface area contributed by atoms with Crippen molar-refractivity contribution in [1.29, 1.82) is 0 Å². The van der Waals surface area contributed by atoms with Gasteiger partial charge in [0.25, 0.3) is 0 Å². The lowest BCUT2D eigenvalue weighted by Gasteiger charge is -2.11. The number of benzene rings is 2. The van der Waals surface area contributed by atoms with Gasteiger partial charge in [0.05, 0.1) is 31.0 Å². The van der Waals surface area contributed by atoms with Gasteiger partial charge in [-0.2, -0.15) is 4.98 Å². The summed E-state index contributed by atoms with van der Waals surface area (Å²) in [6.07, 6.45) is 1.58. The number of methoxy groups -OCH3 is 2. The van der Waals surface area contributed by atoms with Gasteiger partial charge in [-0.15, -0.1) is 12.4 Å². The second kappa shape index (κ2) is 10.0. The Morgan fingerprint density at radius 1 is 0.862 bits per heavy atom. The molecule has 0 aliphatic carbocycles. The molecule has 0 radical (unpaired) electrons. The minimum atomic E-state index is -0.443. The molecule has 0 aliphatic rings. The van der Waals surface area contributed by atoms with E-state index in [-0.39, 0.29) is 12.4 Å². The third kappa shape index (κ3) is 5.43. The topological polar surface area (TPSA) is 102 Å². The van der Waals surface area contributed by atoms with Crippen molar-refractivity contribution < 1.29 is 19.1 Å². The average Bonchev–Trinajstić information content (AvgIpc) is 2.74. The first kappa shape index (κ1) is 21.6. The molecule has 0 saturated heterocycles. The van der Waals surface area contributed by atoms with Crippen molar-refractivity contribution in [3.8, 4) is 0 Å². The molecule has 9 heteroatoms. The average molecular weight is 415 g/mol. The van der Waals surface area contributed by atoms with Crippen LogP contribution in [0.2, 0.25) is 0 Å². The van der Waals surface area contributed by atoms with E-state index >= 15 is 0 Å². The van der Waals surface area contributed by atoms with Crippen molar-refractivity contribution in [2.24, 2.45) is 0 Å². The van der Waals surface area contributed by atoms with Gasteiger partial charge in [0.2, 0.25) is 5.95 Å². The number of carbonyl (C=O) groups excluding carboxylic acids is 2. The highest BCUT2D eigenvalue weighted by Crippen LogP contribution is 2.21. The summed E-state index contributed by atoms with van der Waals surface area (Å²) in [5.41, 5.74) is 2.13. The van der Waals surface area contributed by atoms with Crippen LogP contribution in [0.4, 0.5) is 23.1 Å². The molecule has 0 aliphatic heterocycles. The van der Waals surface area contributed by atoms with Crippen molar-refractivity contribution in [3.63, 3.8) is 0 Å². The maximum Gasteiger partial charge on any atom is 0.339 e. The number of aromatic nitrogens is 2. The molecular weight excluding hydrogens is 396 g/mol. The maximum absolute atomic E-state index is 11.9. The van der Waals surface area contributed by atoms with Crippen LogP contribution in [0.15, 0.2) is 60.8 Å². The molecule has 0 bridgehead atoms. The van der Waals surface area contributed by atoms with Gasteiger partial charge < -0.3 is 20.1 Å². The lowest BCUT2D eigenvalue weighted by molar-refractivity contribution is 0.0592. The van der Waals surface area contributed by atoms with Crippen molar-refractivity contribution in [3.05, 3.63) is 71.9 Å². The monoisotopic (exact) mass is 414 g/mol. The van der Waals surface area contributed by atoms with Gasteiger partial charge >= 0.3 is 11.9 Å². The molecule has 29 heavy (non-hydrogen) atoms. The van der Waals surface area contributed by atoms with Crippen molar-refractivity contribution >= 4 is 47.5 Å². The van der Waals surface area contributed by atoms with E-state index in [1.54, 1.807) is 60.8 Å². The number of anilines is 4. The summed E-state index contributed by atoms with van der Waals surface area (Å²) >= 11 is 0. The van der Waals surface area contributed by atoms with E-state index in [9.17, 15) is 9.59 Å². The molecule has 2 aromatic carbocycles. The van der Waals surface area contributed by atoms with E-state index in [0.717, 1.165) is 0 Å². The smallest absolute Gasteiger partial charge is 0.339 e. The third-order valence-corrected chi connectivity index (χ3v) is 3.81. The number of nitrogens with one attached hydrogen (secondary N) is 2. The molecule has 0 unspecified atom stereocenters. The molecule has 3 rings (SSSR count). The number of halogens is 1. The second-order valence-corrected chi connectivity index (χ2v) is 5.62.